The zero-order valence-corrected chi connectivity index (χ0v) is 82.2. The number of guanidine groups is 1. The van der Waals surface area contributed by atoms with E-state index in [1.165, 1.54) is 44.3 Å². The van der Waals surface area contributed by atoms with Gasteiger partial charge < -0.3 is 193 Å². The fraction of sp³-hybridized carbons (Fsp3) is 0.659. The van der Waals surface area contributed by atoms with Gasteiger partial charge in [-0.3, -0.25) is 86.7 Å². The monoisotopic (exact) mass is 2150 g/mol. The number of aliphatic carboxylic acids is 4. The summed E-state index contributed by atoms with van der Waals surface area (Å²) in [6.07, 6.45) is -39.3. The van der Waals surface area contributed by atoms with Gasteiger partial charge in [0.2, 0.25) is 53.2 Å². The number of amides is 9. The summed E-state index contributed by atoms with van der Waals surface area (Å²) in [5, 5.41) is 257. The second-order valence-electron chi connectivity index (χ2n) is 34.9. The van der Waals surface area contributed by atoms with Crippen molar-refractivity contribution < 1.29 is 204 Å². The molecule has 60 nitrogen and oxygen atoms in total. The predicted octanol–water partition coefficient (Wildman–Crippen LogP) is -14.7. The molecule has 41 N–H and O–H groups in total. The van der Waals surface area contributed by atoms with Crippen LogP contribution in [0.2, 0.25) is 0 Å². The Morgan fingerprint density at radius 2 is 0.779 bits per heavy atom. The van der Waals surface area contributed by atoms with Gasteiger partial charge in [-0.15, -0.1) is 0 Å². The van der Waals surface area contributed by atoms with Crippen LogP contribution in [-0.2, 0) is 83.3 Å². The molecule has 0 bridgehead atoms. The number of aromatic amines is 1. The molecule has 3 rings (SSSR count). The van der Waals surface area contributed by atoms with Gasteiger partial charge in [0.15, 0.2) is 34.5 Å². The second kappa shape index (κ2) is 69.1. The van der Waals surface area contributed by atoms with E-state index in [1.807, 2.05) is 0 Å². The van der Waals surface area contributed by atoms with Gasteiger partial charge >= 0.3 is 23.9 Å². The summed E-state index contributed by atoms with van der Waals surface area (Å²) in [6, 6.07) is -2.08. The Bertz CT molecular complexity index is 4920. The topological polar surface area (TPSA) is 1060 Å². The minimum atomic E-state index is -2.09. The minimum absolute atomic E-state index is 0.0169. The molecule has 9 amide bonds. The lowest BCUT2D eigenvalue weighted by molar-refractivity contribution is -0.142. The lowest BCUT2D eigenvalue weighted by Crippen LogP contribution is -2.49. The maximum Gasteiger partial charge on any atom is 0.327 e. The van der Waals surface area contributed by atoms with Crippen LogP contribution in [-0.4, -0.2) is 441 Å². The molecule has 2 heterocycles. The number of aliphatic hydroxyl groups is 20. The molecule has 3 aromatic rings. The Balaban J connectivity index is 0.00000114. The van der Waals surface area contributed by atoms with Crippen LogP contribution >= 0.6 is 12.6 Å². The number of H-pyrrole nitrogens is 1. The number of rotatable bonds is 75. The molecule has 25 atom stereocenters. The number of Topliss-reactive ketones (excluding diaryl/α,β-unsaturated/α-hetero) is 4. The van der Waals surface area contributed by atoms with Crippen LogP contribution in [0.15, 0.2) is 40.2 Å². The van der Waals surface area contributed by atoms with E-state index in [4.69, 9.17) is 37.6 Å². The van der Waals surface area contributed by atoms with E-state index in [0.717, 1.165) is 0 Å². The Labute approximate surface area is 854 Å². The molecule has 840 valence electrons. The fourth-order valence-corrected chi connectivity index (χ4v) is 14.1. The first-order valence-electron chi connectivity index (χ1n) is 46.9. The number of carboxylic acids is 4. The summed E-state index contributed by atoms with van der Waals surface area (Å²) < 4.78 is 0. The molecule has 0 spiro atoms. The van der Waals surface area contributed by atoms with Crippen molar-refractivity contribution in [3.63, 3.8) is 0 Å². The van der Waals surface area contributed by atoms with Gasteiger partial charge in [-0.05, 0) is 82.1 Å². The first-order valence-corrected chi connectivity index (χ1v) is 47.6. The number of aliphatic imine (C=N–C) groups is 1. The Morgan fingerprint density at radius 3 is 1.14 bits per heavy atom. The van der Waals surface area contributed by atoms with Gasteiger partial charge in [-0.1, -0.05) is 13.8 Å². The number of carbonyl (C=O) groups excluding carboxylic acids is 13. The molecular formula is C88H140N18O42S. The number of hydrogen-bond donors (Lipinski definition) is 39. The predicted molar refractivity (Wildman–Crippen MR) is 514 cm³/mol. The largest absolute Gasteiger partial charge is 0.481 e. The molecule has 0 aliphatic heterocycles. The van der Waals surface area contributed by atoms with Gasteiger partial charge in [-0.25, -0.2) is 19.6 Å². The number of ketones is 4. The maximum atomic E-state index is 14.4. The Morgan fingerprint density at radius 1 is 0.423 bits per heavy atom. The smallest absolute Gasteiger partial charge is 0.327 e. The number of nitrogens with one attached hydrogen (secondary N) is 11. The van der Waals surface area contributed by atoms with Crippen molar-refractivity contribution in [3.05, 3.63) is 52.1 Å². The molecule has 0 radical (unpaired) electrons. The molecule has 0 aliphatic carbocycles. The van der Waals surface area contributed by atoms with Gasteiger partial charge in [-0.2, -0.15) is 17.6 Å². The van der Waals surface area contributed by atoms with Crippen molar-refractivity contribution in [1.82, 2.24) is 67.8 Å². The van der Waals surface area contributed by atoms with Gasteiger partial charge in [0.25, 0.3) is 11.5 Å². The molecular weight excluding hydrogens is 2010 g/mol. The molecule has 0 aliphatic rings. The molecule has 0 fully saturated rings. The number of nitrogen functional groups attached to an aromatic ring is 1. The van der Waals surface area contributed by atoms with Crippen molar-refractivity contribution in [2.24, 2.45) is 40.1 Å². The average molecular weight is 2150 g/mol. The number of aliphatic hydroxyl groups excluding tert-OH is 20. The summed E-state index contributed by atoms with van der Waals surface area (Å²) in [6.45, 7) is -3.63. The van der Waals surface area contributed by atoms with Gasteiger partial charge in [0, 0.05) is 144 Å². The van der Waals surface area contributed by atoms with Crippen LogP contribution in [0.25, 0.3) is 11.2 Å². The van der Waals surface area contributed by atoms with Gasteiger partial charge in [0.05, 0.1) is 87.4 Å². The number of nitrogens with two attached hydrogens (primary N) is 3. The minimum Gasteiger partial charge on any atom is -0.481 e. The summed E-state index contributed by atoms with van der Waals surface area (Å²) >= 11 is 3.87. The lowest BCUT2D eigenvalue weighted by atomic mass is 9.89. The Kier molecular flexibility index (Phi) is 61.6. The Hall–Kier alpha value is -12.3. The van der Waals surface area contributed by atoms with E-state index in [1.54, 1.807) is 0 Å². The number of thiol groups is 1. The highest BCUT2D eigenvalue weighted by Gasteiger charge is 2.40. The molecule has 149 heavy (non-hydrogen) atoms. The van der Waals surface area contributed by atoms with E-state index in [2.05, 4.69) is 90.7 Å². The number of carbonyl (C=O) groups is 17. The first-order chi connectivity index (χ1) is 70.0. The quantitative estimate of drug-likeness (QED) is 0.0108. The van der Waals surface area contributed by atoms with E-state index in [9.17, 15) is 188 Å². The van der Waals surface area contributed by atoms with Crippen molar-refractivity contribution >= 4 is 142 Å². The van der Waals surface area contributed by atoms with E-state index in [-0.39, 0.29) is 79.6 Å². The standard InChI is InChI=1S/C56H84N14O23.C32H56N4O19S/c1-2-35(74)32(4-3-17-60-55(57)58)66-52(90)28(8-15-42(81)63-23-38(77)46(85)48(87)40(79)25-72)19-36(75)33(13-16-43(82)83)67-51(89)27(7-14-41(80)62-22-37(76)45(84)47(86)39(78)24-71)18-31(73)11-12-34(54(92)93)68-50(88)26-5-9-29(10-6-26)61-20-30-21-64-49-44(65-30)53(91)70-56(59)69-49;1-14(2-5-23(44)33-9-19(40)26(48)28(50)21(42)11-37)30(52)35-16(4-7-25(46)47)18(39)8-15(31(53)36-17(13-56)32(54)55)3-6-24(45)34-10-20(41)27(49)29(51)22(43)12-38/h5-6,9-10,21,27-28,32-34,37-40,45-48,61,71-72,76-79,84-87H,2-4,7-8,11-20,22-25H2,1H3,(H,62,80)(H,63,81)(H,66,90)(H,67,89)(H,68,88)(H,82,83)(H,92,93)(H4,57,58,60)(H3,59,64,69,70,91);14-17,19-22,26-29,37-38,40-43,48-51,56H,2-13H2,1H3,(H,33,44)(H,34,45)(H,35,52)(H,36,53)(H,46,47)(H,54,55)/t27-,28-,32+,33+,34+,37+,38+,39-,40-,45-,46-,47-,48-;14-,15+,16-,17-,19-,20-,21+,22+,26+,27+,28+,29+/m10/s1. The van der Waals surface area contributed by atoms with E-state index < -0.39 is 406 Å². The summed E-state index contributed by atoms with van der Waals surface area (Å²) in [7, 11) is 0. The zero-order chi connectivity index (χ0) is 113. The summed E-state index contributed by atoms with van der Waals surface area (Å²) in [5.41, 5.74) is 16.5. The third-order valence-corrected chi connectivity index (χ3v) is 23.5. The van der Waals surface area contributed by atoms with Crippen molar-refractivity contribution in [2.45, 2.75) is 277 Å². The molecule has 0 saturated carbocycles. The number of carboxylic acid groups (broad SMARTS) is 4. The van der Waals surface area contributed by atoms with Crippen molar-refractivity contribution in [3.8, 4) is 0 Å². The molecule has 0 saturated heterocycles. The number of nitrogens with zero attached hydrogens (tertiary/aromatic N) is 4. The number of aromatic nitrogens is 4. The second-order valence-corrected chi connectivity index (χ2v) is 35.2. The van der Waals surface area contributed by atoms with Crippen LogP contribution in [0.3, 0.4) is 0 Å². The van der Waals surface area contributed by atoms with Crippen LogP contribution < -0.4 is 75.9 Å². The lowest BCUT2D eigenvalue weighted by Gasteiger charge is -2.26. The number of anilines is 2. The van der Waals surface area contributed by atoms with E-state index >= 15 is 0 Å². The summed E-state index contributed by atoms with van der Waals surface area (Å²) in [5.74, 6) is -23.7. The van der Waals surface area contributed by atoms with Gasteiger partial charge in [0.1, 0.15) is 91.1 Å². The first kappa shape index (κ1) is 133. The molecule has 0 unspecified atom stereocenters. The van der Waals surface area contributed by atoms with Crippen LogP contribution in [0.5, 0.6) is 0 Å². The van der Waals surface area contributed by atoms with Crippen LogP contribution in [0.1, 0.15) is 158 Å². The third-order valence-electron chi connectivity index (χ3n) is 23.2. The SMILES string of the molecule is CCC(=O)[C@H](CCCN=C(N)N)NC(=O)[C@H](CCC(=O)NC[C@H](O)[C@@H](O)[C@H](O)[C@H](O)CO)CC(=O)[C@H](CCC(=O)O)NC(=O)[C@H](CCC(=O)NC[C@H](O)[C@@H](O)[C@H](O)[C@H](O)CO)CC(=O)CC[C@H](NC(=O)c1ccc(NCc2cnc3nc(N)[nH]c(=O)c3n2)cc1)C(=O)O.C[C@@H](CCC(=O)NC[C@H](O)[C@@H](O)[C@H](O)[C@H](O)CO)C(=O)N[C@@H](CCC(=O)O)C(=O)C[C@@H](CCC(=O)NC[C@H](O)[C@@H](O)[C@H](O)[C@H](O)CO)C(=O)N[C@@H](CS)C(=O)O. The fourth-order valence-electron chi connectivity index (χ4n) is 13.9. The summed E-state index contributed by atoms with van der Waals surface area (Å²) in [4.78, 5) is 252. The highest BCUT2D eigenvalue weighted by molar-refractivity contribution is 7.80. The maximum absolute atomic E-state index is 14.4. The zero-order valence-electron chi connectivity index (χ0n) is 81.3. The van der Waals surface area contributed by atoms with Crippen LogP contribution in [0.4, 0.5) is 11.6 Å². The normalized spacial score (nSPS) is 16.4. The van der Waals surface area contributed by atoms with Crippen LogP contribution in [0, 0.1) is 23.7 Å². The van der Waals surface area contributed by atoms with Crippen molar-refractivity contribution in [1.29, 1.82) is 0 Å². The molecule has 2 aromatic heterocycles. The highest BCUT2D eigenvalue weighted by atomic mass is 32.1. The van der Waals surface area contributed by atoms with E-state index in [0.29, 0.717) is 11.4 Å². The highest BCUT2D eigenvalue weighted by Crippen LogP contribution is 2.24. The number of hydrogen-bond acceptors (Lipinski definition) is 45. The number of fused-ring (bicyclic) bond motifs is 1. The molecule has 61 heteroatoms. The number of benzene rings is 1. The average Bonchev–Trinajstić information content (AvgIpc) is 0.807. The third kappa shape index (κ3) is 49.3. The van der Waals surface area contributed by atoms with Crippen molar-refractivity contribution in [2.75, 3.05) is 76.0 Å². The molecule has 1 aromatic carbocycles.